The van der Waals surface area contributed by atoms with Crippen molar-refractivity contribution in [3.05, 3.63) is 0 Å². The number of hydrogen-bond donors (Lipinski definition) is 2. The van der Waals surface area contributed by atoms with Gasteiger partial charge in [-0.2, -0.15) is 0 Å². The van der Waals surface area contributed by atoms with Crippen molar-refractivity contribution in [3.8, 4) is 0 Å². The van der Waals surface area contributed by atoms with E-state index in [0.29, 0.717) is 6.04 Å². The number of morpholine rings is 1. The SMILES string of the molecule is CCNC(=NCC(C1CC1)N(C)C)NCCN1CCOCC1. The summed E-state index contributed by atoms with van der Waals surface area (Å²) in [7, 11) is 4.33. The summed E-state index contributed by atoms with van der Waals surface area (Å²) in [6.07, 6.45) is 2.72. The quantitative estimate of drug-likeness (QED) is 0.496. The Kier molecular flexibility index (Phi) is 7.42. The van der Waals surface area contributed by atoms with Gasteiger partial charge in [-0.3, -0.25) is 9.89 Å². The Morgan fingerprint density at radius 3 is 2.59 bits per heavy atom. The fourth-order valence-corrected chi connectivity index (χ4v) is 2.90. The minimum atomic E-state index is 0.578. The van der Waals surface area contributed by atoms with E-state index in [9.17, 15) is 0 Å². The number of hydrogen-bond acceptors (Lipinski definition) is 4. The number of ether oxygens (including phenoxy) is 1. The molecular formula is C16H33N5O. The lowest BCUT2D eigenvalue weighted by Crippen LogP contribution is -2.45. The molecule has 6 heteroatoms. The van der Waals surface area contributed by atoms with E-state index in [1.165, 1.54) is 12.8 Å². The van der Waals surface area contributed by atoms with Crippen LogP contribution in [0.2, 0.25) is 0 Å². The Bertz CT molecular complexity index is 335. The standard InChI is InChI=1S/C16H33N5O/c1-4-17-16(18-7-8-21-9-11-22-12-10-21)19-13-15(20(2)3)14-5-6-14/h14-15H,4-13H2,1-3H3,(H2,17,18,19). The van der Waals surface area contributed by atoms with Crippen molar-refractivity contribution in [1.82, 2.24) is 20.4 Å². The molecule has 1 aliphatic carbocycles. The fourth-order valence-electron chi connectivity index (χ4n) is 2.90. The molecule has 2 aliphatic rings. The van der Waals surface area contributed by atoms with E-state index in [1.54, 1.807) is 0 Å². The highest BCUT2D eigenvalue weighted by molar-refractivity contribution is 5.79. The van der Waals surface area contributed by atoms with Crippen LogP contribution in [-0.2, 0) is 4.74 Å². The average molecular weight is 311 g/mol. The summed E-state index contributed by atoms with van der Waals surface area (Å²) in [5, 5.41) is 6.81. The van der Waals surface area contributed by atoms with Crippen LogP contribution >= 0.6 is 0 Å². The second-order valence-electron chi connectivity index (χ2n) is 6.47. The first-order valence-corrected chi connectivity index (χ1v) is 8.69. The average Bonchev–Trinajstić information content (AvgIpc) is 3.33. The first-order valence-electron chi connectivity index (χ1n) is 8.69. The third-order valence-electron chi connectivity index (χ3n) is 4.43. The van der Waals surface area contributed by atoms with Crippen LogP contribution < -0.4 is 10.6 Å². The molecule has 0 spiro atoms. The van der Waals surface area contributed by atoms with E-state index >= 15 is 0 Å². The summed E-state index contributed by atoms with van der Waals surface area (Å²) in [4.78, 5) is 9.54. The molecular weight excluding hydrogens is 278 g/mol. The van der Waals surface area contributed by atoms with Gasteiger partial charge in [-0.25, -0.2) is 0 Å². The minimum absolute atomic E-state index is 0.578. The van der Waals surface area contributed by atoms with Gasteiger partial charge in [0.2, 0.25) is 0 Å². The predicted molar refractivity (Wildman–Crippen MR) is 91.4 cm³/mol. The van der Waals surface area contributed by atoms with Gasteiger partial charge < -0.3 is 20.3 Å². The third kappa shape index (κ3) is 6.10. The van der Waals surface area contributed by atoms with Crippen molar-refractivity contribution in [3.63, 3.8) is 0 Å². The van der Waals surface area contributed by atoms with Crippen molar-refractivity contribution in [2.75, 3.05) is 66.6 Å². The highest BCUT2D eigenvalue weighted by atomic mass is 16.5. The van der Waals surface area contributed by atoms with Gasteiger partial charge in [-0.15, -0.1) is 0 Å². The van der Waals surface area contributed by atoms with Crippen molar-refractivity contribution >= 4 is 5.96 Å². The first kappa shape index (κ1) is 17.5. The van der Waals surface area contributed by atoms with Gasteiger partial charge in [-0.05, 0) is 39.8 Å². The molecule has 0 bridgehead atoms. The zero-order chi connectivity index (χ0) is 15.8. The second kappa shape index (κ2) is 9.33. The van der Waals surface area contributed by atoms with Crippen LogP contribution in [0.15, 0.2) is 4.99 Å². The Morgan fingerprint density at radius 1 is 1.27 bits per heavy atom. The Balaban J connectivity index is 1.73. The van der Waals surface area contributed by atoms with Gasteiger partial charge in [0.05, 0.1) is 19.8 Å². The highest BCUT2D eigenvalue weighted by Crippen LogP contribution is 2.34. The number of aliphatic imine (C=N–C) groups is 1. The molecule has 0 amide bonds. The van der Waals surface area contributed by atoms with Gasteiger partial charge >= 0.3 is 0 Å². The zero-order valence-electron chi connectivity index (χ0n) is 14.5. The largest absolute Gasteiger partial charge is 0.379 e. The molecule has 0 radical (unpaired) electrons. The summed E-state index contributed by atoms with van der Waals surface area (Å²) in [5.74, 6) is 1.79. The lowest BCUT2D eigenvalue weighted by atomic mass is 10.2. The summed E-state index contributed by atoms with van der Waals surface area (Å²) < 4.78 is 5.38. The highest BCUT2D eigenvalue weighted by Gasteiger charge is 2.32. The molecule has 2 rings (SSSR count). The minimum Gasteiger partial charge on any atom is -0.379 e. The summed E-state index contributed by atoms with van der Waals surface area (Å²) in [6.45, 7) is 9.68. The van der Waals surface area contributed by atoms with Crippen LogP contribution in [-0.4, -0.2) is 88.4 Å². The van der Waals surface area contributed by atoms with E-state index in [0.717, 1.165) is 64.4 Å². The molecule has 1 saturated heterocycles. The molecule has 1 saturated carbocycles. The molecule has 0 aromatic heterocycles. The van der Waals surface area contributed by atoms with E-state index in [-0.39, 0.29) is 0 Å². The number of likely N-dealkylation sites (N-methyl/N-ethyl adjacent to an activating group) is 1. The van der Waals surface area contributed by atoms with Gasteiger partial charge in [0.15, 0.2) is 5.96 Å². The molecule has 0 aromatic rings. The van der Waals surface area contributed by atoms with Gasteiger partial charge in [0, 0.05) is 38.8 Å². The number of rotatable bonds is 8. The molecule has 22 heavy (non-hydrogen) atoms. The maximum atomic E-state index is 5.38. The number of nitrogens with zero attached hydrogens (tertiary/aromatic N) is 3. The summed E-state index contributed by atoms with van der Waals surface area (Å²) in [5.41, 5.74) is 0. The summed E-state index contributed by atoms with van der Waals surface area (Å²) in [6, 6.07) is 0.578. The Labute approximate surface area is 135 Å². The van der Waals surface area contributed by atoms with Crippen LogP contribution in [0.5, 0.6) is 0 Å². The first-order chi connectivity index (χ1) is 10.7. The smallest absolute Gasteiger partial charge is 0.191 e. The van der Waals surface area contributed by atoms with Crippen LogP contribution in [0, 0.1) is 5.92 Å². The van der Waals surface area contributed by atoms with Gasteiger partial charge in [0.25, 0.3) is 0 Å². The maximum Gasteiger partial charge on any atom is 0.191 e. The molecule has 0 aromatic carbocycles. The number of nitrogens with one attached hydrogen (secondary N) is 2. The Hall–Kier alpha value is -0.850. The van der Waals surface area contributed by atoms with E-state index in [4.69, 9.17) is 9.73 Å². The van der Waals surface area contributed by atoms with Crippen LogP contribution in [0.3, 0.4) is 0 Å². The third-order valence-corrected chi connectivity index (χ3v) is 4.43. The predicted octanol–water partition coefficient (Wildman–Crippen LogP) is 0.214. The van der Waals surface area contributed by atoms with Crippen LogP contribution in [0.25, 0.3) is 0 Å². The van der Waals surface area contributed by atoms with Crippen molar-refractivity contribution < 1.29 is 4.74 Å². The van der Waals surface area contributed by atoms with Crippen molar-refractivity contribution in [2.24, 2.45) is 10.9 Å². The van der Waals surface area contributed by atoms with Crippen LogP contribution in [0.4, 0.5) is 0 Å². The fraction of sp³-hybridized carbons (Fsp3) is 0.938. The molecule has 1 heterocycles. The normalized spacial score (nSPS) is 21.9. The molecule has 2 N–H and O–H groups in total. The maximum absolute atomic E-state index is 5.38. The molecule has 6 nitrogen and oxygen atoms in total. The van der Waals surface area contributed by atoms with E-state index in [1.807, 2.05) is 0 Å². The molecule has 1 unspecified atom stereocenters. The van der Waals surface area contributed by atoms with E-state index in [2.05, 4.69) is 41.5 Å². The van der Waals surface area contributed by atoms with E-state index < -0.39 is 0 Å². The monoisotopic (exact) mass is 311 g/mol. The van der Waals surface area contributed by atoms with Crippen molar-refractivity contribution in [1.29, 1.82) is 0 Å². The zero-order valence-corrected chi connectivity index (χ0v) is 14.5. The number of guanidine groups is 1. The topological polar surface area (TPSA) is 52.1 Å². The summed E-state index contributed by atoms with van der Waals surface area (Å²) >= 11 is 0. The van der Waals surface area contributed by atoms with Crippen LogP contribution in [0.1, 0.15) is 19.8 Å². The molecule has 1 atom stereocenters. The van der Waals surface area contributed by atoms with Gasteiger partial charge in [-0.1, -0.05) is 0 Å². The molecule has 128 valence electrons. The Morgan fingerprint density at radius 2 is 2.00 bits per heavy atom. The molecule has 2 fully saturated rings. The second-order valence-corrected chi connectivity index (χ2v) is 6.47. The van der Waals surface area contributed by atoms with Gasteiger partial charge in [0.1, 0.15) is 0 Å². The lowest BCUT2D eigenvalue weighted by Gasteiger charge is -2.27. The molecule has 1 aliphatic heterocycles. The van der Waals surface area contributed by atoms with Crippen molar-refractivity contribution in [2.45, 2.75) is 25.8 Å². The lowest BCUT2D eigenvalue weighted by molar-refractivity contribution is 0.0389.